The van der Waals surface area contributed by atoms with Gasteiger partial charge in [0.05, 0.1) is 12.7 Å². The summed E-state index contributed by atoms with van der Waals surface area (Å²) < 4.78 is 11.2. The molecule has 0 radical (unpaired) electrons. The number of carboxylic acid groups (broad SMARTS) is 1. The number of carboxylic acids is 1. The van der Waals surface area contributed by atoms with Gasteiger partial charge in [-0.3, -0.25) is 4.90 Å². The first kappa shape index (κ1) is 14.8. The summed E-state index contributed by atoms with van der Waals surface area (Å²) in [6.45, 7) is 7.03. The van der Waals surface area contributed by atoms with Gasteiger partial charge in [0.2, 0.25) is 0 Å². The van der Waals surface area contributed by atoms with E-state index in [-0.39, 0.29) is 11.7 Å². The Kier molecular flexibility index (Phi) is 4.98. The van der Waals surface area contributed by atoms with Crippen molar-refractivity contribution in [3.05, 3.63) is 29.8 Å². The van der Waals surface area contributed by atoms with Crippen molar-refractivity contribution in [3.63, 3.8) is 0 Å². The second-order valence-corrected chi connectivity index (χ2v) is 5.14. The SMILES string of the molecule is C[C@H]1CN(CCOc2ccccc2C(=O)O)[C@@H](C)CO1. The second kappa shape index (κ2) is 6.72. The number of rotatable bonds is 5. The molecule has 1 saturated heterocycles. The Morgan fingerprint density at radius 2 is 2.20 bits per heavy atom. The molecule has 1 aliphatic heterocycles. The fourth-order valence-electron chi connectivity index (χ4n) is 2.33. The first-order valence-electron chi connectivity index (χ1n) is 6.88. The van der Waals surface area contributed by atoms with Gasteiger partial charge in [-0.25, -0.2) is 4.79 Å². The van der Waals surface area contributed by atoms with Gasteiger partial charge < -0.3 is 14.6 Å². The van der Waals surface area contributed by atoms with Crippen molar-refractivity contribution in [1.82, 2.24) is 4.90 Å². The summed E-state index contributed by atoms with van der Waals surface area (Å²) in [5, 5.41) is 9.08. The van der Waals surface area contributed by atoms with Gasteiger partial charge in [-0.05, 0) is 26.0 Å². The third-order valence-corrected chi connectivity index (χ3v) is 3.49. The molecular formula is C15H21NO4. The lowest BCUT2D eigenvalue weighted by molar-refractivity contribution is -0.0522. The van der Waals surface area contributed by atoms with Crippen LogP contribution in [-0.2, 0) is 4.74 Å². The fourth-order valence-corrected chi connectivity index (χ4v) is 2.33. The minimum atomic E-state index is -0.964. The van der Waals surface area contributed by atoms with Gasteiger partial charge >= 0.3 is 5.97 Å². The average Bonchev–Trinajstić information content (AvgIpc) is 2.43. The summed E-state index contributed by atoms with van der Waals surface area (Å²) in [7, 11) is 0. The molecule has 5 heteroatoms. The molecule has 0 bridgehead atoms. The number of carbonyl (C=O) groups is 1. The zero-order valence-electron chi connectivity index (χ0n) is 11.9. The molecule has 1 heterocycles. The Morgan fingerprint density at radius 1 is 1.45 bits per heavy atom. The standard InChI is InChI=1S/C15H21NO4/c1-11-10-20-12(2)9-16(11)7-8-19-14-6-4-3-5-13(14)15(17)18/h3-6,11-12H,7-10H2,1-2H3,(H,17,18)/t11-,12-/m0/s1. The number of hydrogen-bond donors (Lipinski definition) is 1. The zero-order valence-corrected chi connectivity index (χ0v) is 11.9. The van der Waals surface area contributed by atoms with E-state index in [1.807, 2.05) is 0 Å². The Morgan fingerprint density at radius 3 is 2.95 bits per heavy atom. The molecule has 1 aliphatic rings. The van der Waals surface area contributed by atoms with Crippen LogP contribution >= 0.6 is 0 Å². The molecule has 1 aromatic carbocycles. The normalized spacial score (nSPS) is 23.5. The van der Waals surface area contributed by atoms with Crippen LogP contribution in [0, 0.1) is 0 Å². The monoisotopic (exact) mass is 279 g/mol. The molecule has 20 heavy (non-hydrogen) atoms. The van der Waals surface area contributed by atoms with Crippen LogP contribution in [0.3, 0.4) is 0 Å². The molecule has 0 saturated carbocycles. The van der Waals surface area contributed by atoms with Crippen LogP contribution in [0.1, 0.15) is 24.2 Å². The highest BCUT2D eigenvalue weighted by molar-refractivity contribution is 5.90. The summed E-state index contributed by atoms with van der Waals surface area (Å²) in [5.74, 6) is -0.539. The van der Waals surface area contributed by atoms with Crippen LogP contribution in [0.25, 0.3) is 0 Å². The third kappa shape index (κ3) is 3.71. The lowest BCUT2D eigenvalue weighted by Gasteiger charge is -2.36. The zero-order chi connectivity index (χ0) is 14.5. The molecule has 0 amide bonds. The van der Waals surface area contributed by atoms with Crippen LogP contribution in [0.5, 0.6) is 5.75 Å². The Bertz CT molecular complexity index is 463. The minimum absolute atomic E-state index is 0.205. The molecule has 0 spiro atoms. The van der Waals surface area contributed by atoms with Crippen molar-refractivity contribution in [2.75, 3.05) is 26.3 Å². The van der Waals surface area contributed by atoms with Gasteiger partial charge in [-0.2, -0.15) is 0 Å². The van der Waals surface area contributed by atoms with Crippen molar-refractivity contribution in [2.45, 2.75) is 26.0 Å². The van der Waals surface area contributed by atoms with Crippen molar-refractivity contribution in [1.29, 1.82) is 0 Å². The second-order valence-electron chi connectivity index (χ2n) is 5.14. The minimum Gasteiger partial charge on any atom is -0.491 e. The van der Waals surface area contributed by atoms with Crippen molar-refractivity contribution >= 4 is 5.97 Å². The maximum Gasteiger partial charge on any atom is 0.339 e. The highest BCUT2D eigenvalue weighted by atomic mass is 16.5. The van der Waals surface area contributed by atoms with Crippen LogP contribution in [-0.4, -0.2) is 54.4 Å². The number of benzene rings is 1. The highest BCUT2D eigenvalue weighted by Gasteiger charge is 2.23. The van der Waals surface area contributed by atoms with E-state index < -0.39 is 5.97 Å². The summed E-state index contributed by atoms with van der Waals surface area (Å²) in [6, 6.07) is 7.08. The lowest BCUT2D eigenvalue weighted by Crippen LogP contribution is -2.48. The summed E-state index contributed by atoms with van der Waals surface area (Å²) >= 11 is 0. The fraction of sp³-hybridized carbons (Fsp3) is 0.533. The predicted molar refractivity (Wildman–Crippen MR) is 75.3 cm³/mol. The van der Waals surface area contributed by atoms with Crippen LogP contribution in [0.2, 0.25) is 0 Å². The van der Waals surface area contributed by atoms with E-state index in [2.05, 4.69) is 18.7 Å². The highest BCUT2D eigenvalue weighted by Crippen LogP contribution is 2.18. The van der Waals surface area contributed by atoms with E-state index in [4.69, 9.17) is 14.6 Å². The first-order valence-corrected chi connectivity index (χ1v) is 6.88. The van der Waals surface area contributed by atoms with E-state index in [1.54, 1.807) is 24.3 Å². The lowest BCUT2D eigenvalue weighted by atomic mass is 10.2. The number of nitrogens with zero attached hydrogens (tertiary/aromatic N) is 1. The molecule has 110 valence electrons. The van der Waals surface area contributed by atoms with Crippen LogP contribution < -0.4 is 4.74 Å². The topological polar surface area (TPSA) is 59.0 Å². The molecule has 0 aliphatic carbocycles. The summed E-state index contributed by atoms with van der Waals surface area (Å²) in [4.78, 5) is 13.4. The van der Waals surface area contributed by atoms with Crippen LogP contribution in [0.15, 0.2) is 24.3 Å². The molecule has 0 unspecified atom stereocenters. The summed E-state index contributed by atoms with van der Waals surface area (Å²) in [6.07, 6.45) is 0.234. The molecule has 0 aromatic heterocycles. The average molecular weight is 279 g/mol. The van der Waals surface area contributed by atoms with E-state index in [0.29, 0.717) is 18.4 Å². The van der Waals surface area contributed by atoms with E-state index >= 15 is 0 Å². The quantitative estimate of drug-likeness (QED) is 0.891. The first-order chi connectivity index (χ1) is 9.58. The number of morpholine rings is 1. The largest absolute Gasteiger partial charge is 0.491 e. The third-order valence-electron chi connectivity index (χ3n) is 3.49. The Labute approximate surface area is 119 Å². The molecule has 1 aromatic rings. The molecular weight excluding hydrogens is 258 g/mol. The van der Waals surface area contributed by atoms with Gasteiger partial charge in [-0.15, -0.1) is 0 Å². The predicted octanol–water partition coefficient (Wildman–Crippen LogP) is 1.87. The van der Waals surface area contributed by atoms with E-state index in [0.717, 1.165) is 19.7 Å². The van der Waals surface area contributed by atoms with E-state index in [1.165, 1.54) is 0 Å². The number of ether oxygens (including phenoxy) is 2. The number of aromatic carboxylic acids is 1. The van der Waals surface area contributed by atoms with Crippen LogP contribution in [0.4, 0.5) is 0 Å². The Hall–Kier alpha value is -1.59. The maximum atomic E-state index is 11.1. The van der Waals surface area contributed by atoms with Gasteiger partial charge in [-0.1, -0.05) is 12.1 Å². The number of para-hydroxylation sites is 1. The van der Waals surface area contributed by atoms with Crippen molar-refractivity contribution in [2.24, 2.45) is 0 Å². The van der Waals surface area contributed by atoms with Gasteiger partial charge in [0.1, 0.15) is 17.9 Å². The van der Waals surface area contributed by atoms with Gasteiger partial charge in [0, 0.05) is 19.1 Å². The van der Waals surface area contributed by atoms with Gasteiger partial charge in [0.25, 0.3) is 0 Å². The summed E-state index contributed by atoms with van der Waals surface area (Å²) in [5.41, 5.74) is 0.205. The van der Waals surface area contributed by atoms with Gasteiger partial charge in [0.15, 0.2) is 0 Å². The molecule has 1 N–H and O–H groups in total. The van der Waals surface area contributed by atoms with Crippen molar-refractivity contribution in [3.8, 4) is 5.75 Å². The van der Waals surface area contributed by atoms with E-state index in [9.17, 15) is 4.79 Å². The number of hydrogen-bond acceptors (Lipinski definition) is 4. The maximum absolute atomic E-state index is 11.1. The molecule has 2 rings (SSSR count). The molecule has 1 fully saturated rings. The van der Waals surface area contributed by atoms with Crippen molar-refractivity contribution < 1.29 is 19.4 Å². The Balaban J connectivity index is 1.88. The molecule has 2 atom stereocenters. The smallest absolute Gasteiger partial charge is 0.339 e. The molecule has 5 nitrogen and oxygen atoms in total.